The van der Waals surface area contributed by atoms with E-state index in [9.17, 15) is 0 Å². The highest BCUT2D eigenvalue weighted by Gasteiger charge is 1.87. The van der Waals surface area contributed by atoms with Crippen molar-refractivity contribution < 1.29 is 0 Å². The van der Waals surface area contributed by atoms with Gasteiger partial charge >= 0.3 is 0 Å². The highest BCUT2D eigenvalue weighted by molar-refractivity contribution is 7.84. The van der Waals surface area contributed by atoms with E-state index >= 15 is 0 Å². The van der Waals surface area contributed by atoms with Crippen molar-refractivity contribution >= 4 is 19.9 Å². The van der Waals surface area contributed by atoms with Gasteiger partial charge in [0.25, 0.3) is 0 Å². The molecule has 0 amide bonds. The van der Waals surface area contributed by atoms with E-state index in [1.807, 2.05) is 0 Å². The highest BCUT2D eigenvalue weighted by Crippen LogP contribution is 2.03. The van der Waals surface area contributed by atoms with Crippen LogP contribution in [0.2, 0.25) is 12.6 Å². The third-order valence-corrected chi connectivity index (χ3v) is 1.06. The number of rotatable bonds is 4. The second-order valence-electron chi connectivity index (χ2n) is 1.85. The summed E-state index contributed by atoms with van der Waals surface area (Å²) in [5.41, 5.74) is 0. The van der Waals surface area contributed by atoms with Crippen LogP contribution in [0.4, 0.5) is 0 Å². The Morgan fingerprint density at radius 3 is 2.75 bits per heavy atom. The van der Waals surface area contributed by atoms with Gasteiger partial charge in [0.1, 0.15) is 7.28 Å². The molecular weight excluding hydrogens is 115 g/mol. The number of hydrogen-bond acceptors (Lipinski definition) is 1. The zero-order chi connectivity index (χ0) is 6.41. The molecule has 0 unspecified atom stereocenters. The van der Waals surface area contributed by atoms with Crippen molar-refractivity contribution in [3.8, 4) is 0 Å². The summed E-state index contributed by atoms with van der Waals surface area (Å²) >= 11 is 4.05. The molecule has 0 saturated heterocycles. The Morgan fingerprint density at radius 2 is 2.38 bits per heavy atom. The summed E-state index contributed by atoms with van der Waals surface area (Å²) in [6.45, 7) is 5.82. The van der Waals surface area contributed by atoms with Gasteiger partial charge in [-0.3, -0.25) is 0 Å². The maximum absolute atomic E-state index is 4.05. The predicted octanol–water partition coefficient (Wildman–Crippen LogP) is 2.38. The molecule has 0 heterocycles. The van der Waals surface area contributed by atoms with Gasteiger partial charge in [-0.25, -0.2) is 0 Å². The van der Waals surface area contributed by atoms with Crippen LogP contribution in [-0.4, -0.2) is 7.28 Å². The molecule has 0 aliphatic carbocycles. The first-order valence-corrected chi connectivity index (χ1v) is 3.40. The molecule has 0 aliphatic rings. The fourth-order valence-corrected chi connectivity index (χ4v) is 0.602. The Hall–Kier alpha value is 0.155. The Morgan fingerprint density at radius 1 is 1.75 bits per heavy atom. The van der Waals surface area contributed by atoms with Gasteiger partial charge in [-0.05, 0) is 4.91 Å². The second kappa shape index (κ2) is 5.29. The summed E-state index contributed by atoms with van der Waals surface area (Å²) in [4.78, 5) is 0.957. The van der Waals surface area contributed by atoms with Gasteiger partial charge in [-0.2, -0.15) is 0 Å². The monoisotopic (exact) mass is 127 g/mol. The molecule has 0 atom stereocenters. The lowest BCUT2D eigenvalue weighted by atomic mass is 9.70. The number of hydrogen-bond donors (Lipinski definition) is 1. The molecule has 8 heavy (non-hydrogen) atoms. The fourth-order valence-electron chi connectivity index (χ4n) is 0.473. The van der Waals surface area contributed by atoms with Crippen LogP contribution in [0.3, 0.4) is 0 Å². The lowest BCUT2D eigenvalue weighted by molar-refractivity contribution is 1.07. The Labute approximate surface area is 58.0 Å². The highest BCUT2D eigenvalue weighted by atomic mass is 32.1. The normalized spacial score (nSPS) is 8.75. The van der Waals surface area contributed by atoms with Gasteiger partial charge < -0.3 is 0 Å². The molecule has 0 N–H and O–H groups in total. The van der Waals surface area contributed by atoms with Crippen molar-refractivity contribution in [2.24, 2.45) is 0 Å². The van der Waals surface area contributed by atoms with Crippen molar-refractivity contribution in [3.63, 3.8) is 0 Å². The summed E-state index contributed by atoms with van der Waals surface area (Å²) < 4.78 is 0. The van der Waals surface area contributed by atoms with Crippen molar-refractivity contribution in [2.75, 3.05) is 0 Å². The third-order valence-electron chi connectivity index (χ3n) is 0.873. The van der Waals surface area contributed by atoms with E-state index in [4.69, 9.17) is 0 Å². The first kappa shape index (κ1) is 8.15. The van der Waals surface area contributed by atoms with Gasteiger partial charge in [-0.1, -0.05) is 32.6 Å². The third kappa shape index (κ3) is 6.15. The van der Waals surface area contributed by atoms with Crippen molar-refractivity contribution in [1.29, 1.82) is 0 Å². The van der Waals surface area contributed by atoms with Crippen LogP contribution in [0.1, 0.15) is 13.3 Å². The molecular formula is C6H12BS. The quantitative estimate of drug-likeness (QED) is 0.334. The predicted molar refractivity (Wildman–Crippen MR) is 43.8 cm³/mol. The molecule has 2 heteroatoms. The zero-order valence-corrected chi connectivity index (χ0v) is 6.25. The van der Waals surface area contributed by atoms with E-state index in [1.54, 1.807) is 0 Å². The minimum atomic E-state index is 0.955. The molecule has 0 aromatic carbocycles. The van der Waals surface area contributed by atoms with E-state index in [0.29, 0.717) is 0 Å². The van der Waals surface area contributed by atoms with E-state index in [1.165, 1.54) is 12.7 Å². The first-order valence-electron chi connectivity index (χ1n) is 2.95. The molecule has 0 rings (SSSR count). The average Bonchev–Trinajstić information content (AvgIpc) is 1.66. The van der Waals surface area contributed by atoms with Crippen LogP contribution in [-0.2, 0) is 0 Å². The first-order chi connectivity index (χ1) is 3.77. The van der Waals surface area contributed by atoms with Crippen molar-refractivity contribution in [3.05, 3.63) is 11.5 Å². The van der Waals surface area contributed by atoms with E-state index in [2.05, 4.69) is 33.4 Å². The Balaban J connectivity index is 2.82. The molecule has 0 saturated carbocycles. The number of allylic oxidation sites excluding steroid dienone is 1. The summed E-state index contributed by atoms with van der Waals surface area (Å²) in [6, 6.07) is 0. The molecule has 0 aromatic heterocycles. The molecule has 0 aliphatic heterocycles. The van der Waals surface area contributed by atoms with Gasteiger partial charge in [0.15, 0.2) is 0 Å². The van der Waals surface area contributed by atoms with Crippen LogP contribution >= 0.6 is 12.6 Å². The van der Waals surface area contributed by atoms with Gasteiger partial charge in [-0.15, -0.1) is 12.6 Å². The summed E-state index contributed by atoms with van der Waals surface area (Å²) in [5.74, 6) is 0. The van der Waals surface area contributed by atoms with E-state index < -0.39 is 0 Å². The van der Waals surface area contributed by atoms with Crippen LogP contribution in [0.5, 0.6) is 0 Å². The van der Waals surface area contributed by atoms with Crippen LogP contribution in [0.25, 0.3) is 0 Å². The average molecular weight is 127 g/mol. The largest absolute Gasteiger partial charge is 0.149 e. The molecule has 0 spiro atoms. The van der Waals surface area contributed by atoms with Crippen molar-refractivity contribution in [1.82, 2.24) is 0 Å². The van der Waals surface area contributed by atoms with E-state index in [0.717, 1.165) is 11.2 Å². The SMILES string of the molecule is C=C(S)C[B]CCC. The molecule has 0 fully saturated rings. The second-order valence-corrected chi connectivity index (χ2v) is 2.48. The Bertz CT molecular complexity index is 70.9. The Kier molecular flexibility index (Phi) is 5.40. The molecule has 0 aromatic rings. The van der Waals surface area contributed by atoms with E-state index in [-0.39, 0.29) is 0 Å². The summed E-state index contributed by atoms with van der Waals surface area (Å²) in [6.07, 6.45) is 3.36. The standard InChI is InChI=1S/C6H12BS/c1-3-4-7-5-6(2)8/h8H,2-5H2,1H3. The van der Waals surface area contributed by atoms with Gasteiger partial charge in [0.2, 0.25) is 0 Å². The maximum Gasteiger partial charge on any atom is 0.115 e. The van der Waals surface area contributed by atoms with Crippen LogP contribution in [0.15, 0.2) is 11.5 Å². The van der Waals surface area contributed by atoms with Crippen LogP contribution < -0.4 is 0 Å². The fraction of sp³-hybridized carbons (Fsp3) is 0.667. The van der Waals surface area contributed by atoms with Crippen LogP contribution in [0, 0.1) is 0 Å². The molecule has 0 bridgehead atoms. The molecule has 45 valence electrons. The molecule has 0 nitrogen and oxygen atoms in total. The summed E-state index contributed by atoms with van der Waals surface area (Å²) in [5, 5.41) is 0. The minimum absolute atomic E-state index is 0.955. The van der Waals surface area contributed by atoms with Crippen molar-refractivity contribution in [2.45, 2.75) is 26.0 Å². The zero-order valence-electron chi connectivity index (χ0n) is 5.35. The summed E-state index contributed by atoms with van der Waals surface area (Å²) in [7, 11) is 2.20. The van der Waals surface area contributed by atoms with Gasteiger partial charge in [0.05, 0.1) is 0 Å². The lowest BCUT2D eigenvalue weighted by Crippen LogP contribution is -1.85. The number of thiol groups is 1. The smallest absolute Gasteiger partial charge is 0.115 e. The lowest BCUT2D eigenvalue weighted by Gasteiger charge is -1.92. The topological polar surface area (TPSA) is 0 Å². The molecule has 1 radical (unpaired) electrons. The van der Waals surface area contributed by atoms with Gasteiger partial charge in [0, 0.05) is 0 Å². The minimum Gasteiger partial charge on any atom is -0.149 e. The maximum atomic E-state index is 4.05.